The quantitative estimate of drug-likeness (QED) is 0.820. The fraction of sp³-hybridized carbons (Fsp3) is 0.400. The minimum absolute atomic E-state index is 0.263. The maximum atomic E-state index is 9.08. The first-order valence-corrected chi connectivity index (χ1v) is 6.09. The molecule has 1 N–H and O–H groups in total. The van der Waals surface area contributed by atoms with Gasteiger partial charge in [-0.05, 0) is 31.5 Å². The molecule has 0 heterocycles. The lowest BCUT2D eigenvalue weighted by atomic mass is 10.3. The molecule has 0 saturated heterocycles. The average Bonchev–Trinajstić information content (AvgIpc) is 2.10. The van der Waals surface area contributed by atoms with Gasteiger partial charge in [-0.2, -0.15) is 0 Å². The zero-order valence-corrected chi connectivity index (χ0v) is 10.2. The lowest BCUT2D eigenvalue weighted by molar-refractivity contribution is 0.192. The second kappa shape index (κ2) is 5.86. The summed E-state index contributed by atoms with van der Waals surface area (Å²) in [5.41, 5.74) is 0. The molecule has 0 aliphatic carbocycles. The van der Waals surface area contributed by atoms with Crippen molar-refractivity contribution in [1.29, 1.82) is 0 Å². The monoisotopic (exact) mass is 250 g/mol. The van der Waals surface area contributed by atoms with Crippen LogP contribution in [-0.4, -0.2) is 17.0 Å². The van der Waals surface area contributed by atoms with Crippen molar-refractivity contribution < 1.29 is 5.11 Å². The summed E-state index contributed by atoms with van der Waals surface area (Å²) in [6, 6.07) is 5.40. The summed E-state index contributed by atoms with van der Waals surface area (Å²) >= 11 is 13.4. The van der Waals surface area contributed by atoms with Crippen molar-refractivity contribution >= 4 is 35.0 Å². The Balaban J connectivity index is 2.53. The van der Waals surface area contributed by atoms with E-state index in [1.807, 2.05) is 6.07 Å². The molecule has 0 radical (unpaired) electrons. The Labute approximate surface area is 98.4 Å². The number of hydrogen-bond donors (Lipinski definition) is 1. The van der Waals surface area contributed by atoms with E-state index in [1.165, 1.54) is 0 Å². The number of thioether (sulfide) groups is 1. The lowest BCUT2D eigenvalue weighted by Gasteiger charge is -2.05. The Morgan fingerprint density at radius 2 is 2.14 bits per heavy atom. The molecule has 1 atom stereocenters. The predicted octanol–water partition coefficient (Wildman–Crippen LogP) is 3.86. The molecular weight excluding hydrogens is 239 g/mol. The molecule has 0 bridgehead atoms. The number of aliphatic hydroxyl groups excluding tert-OH is 1. The zero-order chi connectivity index (χ0) is 10.6. The molecule has 0 saturated carbocycles. The van der Waals surface area contributed by atoms with E-state index >= 15 is 0 Å². The fourth-order valence-electron chi connectivity index (χ4n) is 0.927. The van der Waals surface area contributed by atoms with Crippen LogP contribution in [0, 0.1) is 0 Å². The van der Waals surface area contributed by atoms with Gasteiger partial charge >= 0.3 is 0 Å². The smallest absolute Gasteiger partial charge is 0.0542 e. The molecule has 0 spiro atoms. The second-order valence-electron chi connectivity index (χ2n) is 3.06. The fourth-order valence-corrected chi connectivity index (χ4v) is 2.54. The molecule has 1 unspecified atom stereocenters. The van der Waals surface area contributed by atoms with Crippen molar-refractivity contribution in [2.24, 2.45) is 0 Å². The molecule has 1 aromatic carbocycles. The number of benzene rings is 1. The Kier molecular flexibility index (Phi) is 5.10. The van der Waals surface area contributed by atoms with E-state index in [1.54, 1.807) is 30.8 Å². The van der Waals surface area contributed by atoms with Crippen molar-refractivity contribution in [2.45, 2.75) is 24.3 Å². The molecule has 0 aliphatic rings. The van der Waals surface area contributed by atoms with Crippen LogP contribution in [0.25, 0.3) is 0 Å². The molecule has 1 nitrogen and oxygen atoms in total. The number of rotatable bonds is 4. The van der Waals surface area contributed by atoms with E-state index < -0.39 is 0 Å². The van der Waals surface area contributed by atoms with Crippen LogP contribution >= 0.6 is 35.0 Å². The van der Waals surface area contributed by atoms with Crippen LogP contribution < -0.4 is 0 Å². The van der Waals surface area contributed by atoms with Gasteiger partial charge in [0.25, 0.3) is 0 Å². The minimum atomic E-state index is -0.263. The Morgan fingerprint density at radius 3 is 2.79 bits per heavy atom. The van der Waals surface area contributed by atoms with E-state index in [9.17, 15) is 0 Å². The molecule has 14 heavy (non-hydrogen) atoms. The molecule has 4 heteroatoms. The van der Waals surface area contributed by atoms with Crippen LogP contribution in [0.3, 0.4) is 0 Å². The highest BCUT2D eigenvalue weighted by atomic mass is 35.5. The van der Waals surface area contributed by atoms with Crippen LogP contribution in [0.5, 0.6) is 0 Å². The lowest BCUT2D eigenvalue weighted by Crippen LogP contribution is -2.00. The van der Waals surface area contributed by atoms with Gasteiger partial charge in [0.1, 0.15) is 0 Å². The first kappa shape index (κ1) is 12.2. The molecular formula is C10H12Cl2OS. The van der Waals surface area contributed by atoms with Crippen molar-refractivity contribution in [3.63, 3.8) is 0 Å². The molecule has 1 rings (SSSR count). The van der Waals surface area contributed by atoms with Crippen LogP contribution in [-0.2, 0) is 0 Å². The summed E-state index contributed by atoms with van der Waals surface area (Å²) < 4.78 is 0. The summed E-state index contributed by atoms with van der Waals surface area (Å²) in [6.45, 7) is 1.78. The van der Waals surface area contributed by atoms with Gasteiger partial charge in [0.15, 0.2) is 0 Å². The van der Waals surface area contributed by atoms with Gasteiger partial charge in [-0.25, -0.2) is 0 Å². The van der Waals surface area contributed by atoms with Crippen LogP contribution in [0.15, 0.2) is 23.1 Å². The second-order valence-corrected chi connectivity index (χ2v) is 5.04. The summed E-state index contributed by atoms with van der Waals surface area (Å²) in [7, 11) is 0. The SMILES string of the molecule is CC(O)CCSc1cc(Cl)ccc1Cl. The maximum Gasteiger partial charge on any atom is 0.0542 e. The highest BCUT2D eigenvalue weighted by Gasteiger charge is 2.03. The Bertz CT molecular complexity index is 302. The highest BCUT2D eigenvalue weighted by molar-refractivity contribution is 7.99. The minimum Gasteiger partial charge on any atom is -0.393 e. The molecule has 0 fully saturated rings. The summed E-state index contributed by atoms with van der Waals surface area (Å²) in [4.78, 5) is 0.972. The predicted molar refractivity (Wildman–Crippen MR) is 63.5 cm³/mol. The Morgan fingerprint density at radius 1 is 1.43 bits per heavy atom. The zero-order valence-electron chi connectivity index (χ0n) is 7.84. The van der Waals surface area contributed by atoms with E-state index in [4.69, 9.17) is 28.3 Å². The first-order chi connectivity index (χ1) is 6.59. The van der Waals surface area contributed by atoms with E-state index in [-0.39, 0.29) is 6.10 Å². The van der Waals surface area contributed by atoms with Gasteiger partial charge in [-0.3, -0.25) is 0 Å². The number of hydrogen-bond acceptors (Lipinski definition) is 2. The van der Waals surface area contributed by atoms with Gasteiger partial charge < -0.3 is 5.11 Å². The largest absolute Gasteiger partial charge is 0.393 e. The van der Waals surface area contributed by atoms with E-state index in [0.29, 0.717) is 10.0 Å². The molecule has 1 aromatic rings. The van der Waals surface area contributed by atoms with Gasteiger partial charge in [-0.15, -0.1) is 11.8 Å². The molecule has 0 aromatic heterocycles. The van der Waals surface area contributed by atoms with E-state index in [0.717, 1.165) is 17.1 Å². The summed E-state index contributed by atoms with van der Waals surface area (Å²) in [5, 5.41) is 10.5. The van der Waals surface area contributed by atoms with Gasteiger partial charge in [0.05, 0.1) is 11.1 Å². The topological polar surface area (TPSA) is 20.2 Å². The molecule has 78 valence electrons. The van der Waals surface area contributed by atoms with E-state index in [2.05, 4.69) is 0 Å². The van der Waals surface area contributed by atoms with Crippen molar-refractivity contribution in [1.82, 2.24) is 0 Å². The molecule has 0 aliphatic heterocycles. The van der Waals surface area contributed by atoms with Gasteiger partial charge in [0.2, 0.25) is 0 Å². The first-order valence-electron chi connectivity index (χ1n) is 4.35. The summed E-state index contributed by atoms with van der Waals surface area (Å²) in [5.74, 6) is 0.845. The van der Waals surface area contributed by atoms with Crippen LogP contribution in [0.4, 0.5) is 0 Å². The number of aliphatic hydroxyl groups is 1. The van der Waals surface area contributed by atoms with Crippen LogP contribution in [0.1, 0.15) is 13.3 Å². The standard InChI is InChI=1S/C10H12Cl2OS/c1-7(13)4-5-14-10-6-8(11)2-3-9(10)12/h2-3,6-7,13H,4-5H2,1H3. The summed E-state index contributed by atoms with van der Waals surface area (Å²) in [6.07, 6.45) is 0.494. The molecule has 0 amide bonds. The Hall–Kier alpha value is 0.110. The third-order valence-electron chi connectivity index (χ3n) is 1.69. The number of halogens is 2. The third-order valence-corrected chi connectivity index (χ3v) is 3.45. The van der Waals surface area contributed by atoms with Crippen molar-refractivity contribution in [2.75, 3.05) is 5.75 Å². The highest BCUT2D eigenvalue weighted by Crippen LogP contribution is 2.30. The van der Waals surface area contributed by atoms with Gasteiger partial charge in [-0.1, -0.05) is 23.2 Å². The van der Waals surface area contributed by atoms with Crippen molar-refractivity contribution in [3.8, 4) is 0 Å². The van der Waals surface area contributed by atoms with Crippen molar-refractivity contribution in [3.05, 3.63) is 28.2 Å². The normalized spacial score (nSPS) is 12.9. The van der Waals surface area contributed by atoms with Gasteiger partial charge in [0, 0.05) is 15.7 Å². The average molecular weight is 251 g/mol. The third kappa shape index (κ3) is 4.09. The maximum absolute atomic E-state index is 9.08. The van der Waals surface area contributed by atoms with Crippen LogP contribution in [0.2, 0.25) is 10.0 Å².